The molecule has 2 rings (SSSR count). The number of methoxy groups -OCH3 is 1. The molecule has 24 heavy (non-hydrogen) atoms. The molecule has 1 aromatic carbocycles. The van der Waals surface area contributed by atoms with Gasteiger partial charge in [0, 0.05) is 12.1 Å². The summed E-state index contributed by atoms with van der Waals surface area (Å²) in [6.07, 6.45) is 2.62. The molecule has 0 unspecified atom stereocenters. The van der Waals surface area contributed by atoms with Crippen molar-refractivity contribution in [2.75, 3.05) is 7.11 Å². The minimum absolute atomic E-state index is 0.0578. The van der Waals surface area contributed by atoms with Gasteiger partial charge in [-0.15, -0.1) is 0 Å². The number of nitrogens with zero attached hydrogens (tertiary/aromatic N) is 3. The lowest BCUT2D eigenvalue weighted by Crippen LogP contribution is -2.23. The molecule has 0 saturated heterocycles. The van der Waals surface area contributed by atoms with Gasteiger partial charge in [-0.25, -0.2) is 4.98 Å². The Morgan fingerprint density at radius 1 is 1.42 bits per heavy atom. The SMILES string of the molecule is COc1cc(C=NNC(N)=S)ccc1Oc1ccc([N+](=O)[O-])cn1. The quantitative estimate of drug-likeness (QED) is 0.351. The van der Waals surface area contributed by atoms with Crippen LogP contribution in [0.4, 0.5) is 5.69 Å². The largest absolute Gasteiger partial charge is 0.493 e. The van der Waals surface area contributed by atoms with Gasteiger partial charge in [0.05, 0.1) is 18.2 Å². The number of hydrazone groups is 1. The first-order chi connectivity index (χ1) is 11.5. The summed E-state index contributed by atoms with van der Waals surface area (Å²) in [6.45, 7) is 0. The van der Waals surface area contributed by atoms with Crippen LogP contribution in [0.15, 0.2) is 41.6 Å². The van der Waals surface area contributed by atoms with Crippen LogP contribution in [0, 0.1) is 10.1 Å². The topological polar surface area (TPSA) is 125 Å². The molecule has 0 atom stereocenters. The van der Waals surface area contributed by atoms with Crippen LogP contribution in [0.5, 0.6) is 17.4 Å². The van der Waals surface area contributed by atoms with E-state index in [1.165, 1.54) is 25.5 Å². The Morgan fingerprint density at radius 3 is 2.79 bits per heavy atom. The molecule has 0 spiro atoms. The number of nitrogens with two attached hydrogens (primary N) is 1. The number of hydrogen-bond acceptors (Lipinski definition) is 7. The summed E-state index contributed by atoms with van der Waals surface area (Å²) in [7, 11) is 1.49. The molecular formula is C14H13N5O4S. The molecule has 1 aromatic heterocycles. The first-order valence-corrected chi connectivity index (χ1v) is 6.95. The normalized spacial score (nSPS) is 10.4. The molecule has 10 heteroatoms. The molecule has 0 saturated carbocycles. The van der Waals surface area contributed by atoms with E-state index in [4.69, 9.17) is 15.2 Å². The van der Waals surface area contributed by atoms with Gasteiger partial charge in [-0.1, -0.05) is 0 Å². The van der Waals surface area contributed by atoms with Crippen molar-refractivity contribution >= 4 is 29.2 Å². The average Bonchev–Trinajstić information content (AvgIpc) is 2.56. The maximum absolute atomic E-state index is 10.6. The fourth-order valence-electron chi connectivity index (χ4n) is 1.67. The highest BCUT2D eigenvalue weighted by Crippen LogP contribution is 2.31. The van der Waals surface area contributed by atoms with Crippen molar-refractivity contribution in [3.8, 4) is 17.4 Å². The van der Waals surface area contributed by atoms with E-state index < -0.39 is 4.92 Å². The summed E-state index contributed by atoms with van der Waals surface area (Å²) in [5.41, 5.74) is 8.31. The van der Waals surface area contributed by atoms with Crippen molar-refractivity contribution in [3.05, 3.63) is 52.2 Å². The Hall–Kier alpha value is -3.27. The maximum atomic E-state index is 10.6. The number of aromatic nitrogens is 1. The van der Waals surface area contributed by atoms with Crippen molar-refractivity contribution in [2.24, 2.45) is 10.8 Å². The van der Waals surface area contributed by atoms with Crippen molar-refractivity contribution < 1.29 is 14.4 Å². The predicted molar refractivity (Wildman–Crippen MR) is 91.5 cm³/mol. The molecule has 1 heterocycles. The minimum atomic E-state index is -0.535. The number of pyridine rings is 1. The zero-order valence-corrected chi connectivity index (χ0v) is 13.3. The van der Waals surface area contributed by atoms with Crippen molar-refractivity contribution in [3.63, 3.8) is 0 Å². The van der Waals surface area contributed by atoms with Gasteiger partial charge in [0.15, 0.2) is 16.6 Å². The lowest BCUT2D eigenvalue weighted by Gasteiger charge is -2.10. The molecule has 3 N–H and O–H groups in total. The van der Waals surface area contributed by atoms with Crippen molar-refractivity contribution in [1.82, 2.24) is 10.4 Å². The van der Waals surface area contributed by atoms with Crippen LogP contribution >= 0.6 is 12.2 Å². The van der Waals surface area contributed by atoms with Crippen molar-refractivity contribution in [1.29, 1.82) is 0 Å². The fraction of sp³-hybridized carbons (Fsp3) is 0.0714. The molecule has 0 aliphatic rings. The standard InChI is InChI=1S/C14H13N5O4S/c1-22-12-6-9(7-17-18-14(15)24)2-4-11(12)23-13-5-3-10(8-16-13)19(20)21/h2-8H,1H3,(H3,15,18,24). The predicted octanol–water partition coefficient (Wildman–Crippen LogP) is 1.96. The second-order valence-electron chi connectivity index (χ2n) is 4.36. The summed E-state index contributed by atoms with van der Waals surface area (Å²) in [6, 6.07) is 7.78. The smallest absolute Gasteiger partial charge is 0.287 e. The van der Waals surface area contributed by atoms with Crippen LogP contribution in [-0.2, 0) is 0 Å². The number of thiocarbonyl (C=S) groups is 1. The number of rotatable bonds is 6. The minimum Gasteiger partial charge on any atom is -0.493 e. The highest BCUT2D eigenvalue weighted by Gasteiger charge is 2.10. The fourth-order valence-corrected chi connectivity index (χ4v) is 1.73. The summed E-state index contributed by atoms with van der Waals surface area (Å²) >= 11 is 4.64. The summed E-state index contributed by atoms with van der Waals surface area (Å²) < 4.78 is 10.8. The van der Waals surface area contributed by atoms with Gasteiger partial charge in [-0.3, -0.25) is 15.5 Å². The second-order valence-corrected chi connectivity index (χ2v) is 4.80. The van der Waals surface area contributed by atoms with E-state index in [0.717, 1.165) is 11.8 Å². The van der Waals surface area contributed by atoms with Gasteiger partial charge < -0.3 is 15.2 Å². The van der Waals surface area contributed by atoms with Crippen LogP contribution < -0.4 is 20.6 Å². The Labute approximate surface area is 142 Å². The first kappa shape index (κ1) is 17.1. The van der Waals surface area contributed by atoms with Crippen LogP contribution in [0.25, 0.3) is 0 Å². The third-order valence-electron chi connectivity index (χ3n) is 2.72. The molecule has 0 aliphatic heterocycles. The van der Waals surface area contributed by atoms with E-state index >= 15 is 0 Å². The third-order valence-corrected chi connectivity index (χ3v) is 2.81. The Balaban J connectivity index is 2.16. The van der Waals surface area contributed by atoms with E-state index in [0.29, 0.717) is 11.5 Å². The van der Waals surface area contributed by atoms with Crippen LogP contribution in [-0.4, -0.2) is 28.3 Å². The number of ether oxygens (including phenoxy) is 2. The zero-order valence-electron chi connectivity index (χ0n) is 12.5. The molecule has 0 amide bonds. The molecule has 0 aliphatic carbocycles. The van der Waals surface area contributed by atoms with Crippen molar-refractivity contribution in [2.45, 2.75) is 0 Å². The highest BCUT2D eigenvalue weighted by atomic mass is 32.1. The Morgan fingerprint density at radius 2 is 2.21 bits per heavy atom. The molecule has 2 aromatic rings. The number of benzene rings is 1. The van der Waals surface area contributed by atoms with Crippen LogP contribution in [0.1, 0.15) is 5.56 Å². The molecular weight excluding hydrogens is 334 g/mol. The van der Waals surface area contributed by atoms with Crippen LogP contribution in [0.2, 0.25) is 0 Å². The van der Waals surface area contributed by atoms with E-state index in [1.807, 2.05) is 0 Å². The lowest BCUT2D eigenvalue weighted by atomic mass is 10.2. The van der Waals surface area contributed by atoms with E-state index in [1.54, 1.807) is 18.2 Å². The second kappa shape index (κ2) is 7.83. The van der Waals surface area contributed by atoms with Gasteiger partial charge in [-0.2, -0.15) is 5.10 Å². The summed E-state index contributed by atoms with van der Waals surface area (Å²) in [5, 5.41) is 14.5. The van der Waals surface area contributed by atoms with E-state index in [9.17, 15) is 10.1 Å². The summed E-state index contributed by atoms with van der Waals surface area (Å²) in [5.74, 6) is 1.04. The van der Waals surface area contributed by atoms with Crippen LogP contribution in [0.3, 0.4) is 0 Å². The molecule has 0 radical (unpaired) electrons. The number of nitrogens with one attached hydrogen (secondary N) is 1. The average molecular weight is 347 g/mol. The maximum Gasteiger partial charge on any atom is 0.287 e. The van der Waals surface area contributed by atoms with Gasteiger partial charge in [-0.05, 0) is 36.0 Å². The Bertz CT molecular complexity index is 779. The van der Waals surface area contributed by atoms with E-state index in [-0.39, 0.29) is 16.7 Å². The number of nitro groups is 1. The third kappa shape index (κ3) is 4.61. The first-order valence-electron chi connectivity index (χ1n) is 6.54. The highest BCUT2D eigenvalue weighted by molar-refractivity contribution is 7.80. The molecule has 9 nitrogen and oxygen atoms in total. The molecule has 0 bridgehead atoms. The van der Waals surface area contributed by atoms with Gasteiger partial charge >= 0.3 is 0 Å². The number of hydrogen-bond donors (Lipinski definition) is 2. The monoisotopic (exact) mass is 347 g/mol. The van der Waals surface area contributed by atoms with Gasteiger partial charge in [0.25, 0.3) is 5.69 Å². The molecule has 0 fully saturated rings. The van der Waals surface area contributed by atoms with Gasteiger partial charge in [0.2, 0.25) is 5.88 Å². The lowest BCUT2D eigenvalue weighted by molar-refractivity contribution is -0.385. The zero-order chi connectivity index (χ0) is 17.5. The Kier molecular flexibility index (Phi) is 5.58. The van der Waals surface area contributed by atoms with Gasteiger partial charge in [0.1, 0.15) is 6.20 Å². The molecule has 124 valence electrons. The summed E-state index contributed by atoms with van der Waals surface area (Å²) in [4.78, 5) is 14.0. The van der Waals surface area contributed by atoms with E-state index in [2.05, 4.69) is 27.7 Å².